The highest BCUT2D eigenvalue weighted by Gasteiger charge is 2.24. The second-order valence-electron chi connectivity index (χ2n) is 7.64. The second kappa shape index (κ2) is 9.21. The fourth-order valence-electron chi connectivity index (χ4n) is 3.53. The van der Waals surface area contributed by atoms with E-state index in [9.17, 15) is 9.59 Å². The zero-order valence-electron chi connectivity index (χ0n) is 17.1. The highest BCUT2D eigenvalue weighted by molar-refractivity contribution is 5.78. The minimum absolute atomic E-state index is 0.0608. The van der Waals surface area contributed by atoms with Gasteiger partial charge in [0.05, 0.1) is 19.3 Å². The van der Waals surface area contributed by atoms with Crippen LogP contribution in [0.2, 0.25) is 0 Å². The molecule has 1 N–H and O–H groups in total. The summed E-state index contributed by atoms with van der Waals surface area (Å²) in [6.45, 7) is 3.80. The second-order valence-corrected chi connectivity index (χ2v) is 7.64. The quantitative estimate of drug-likeness (QED) is 0.704. The zero-order chi connectivity index (χ0) is 20.9. The molecule has 4 rings (SSSR count). The van der Waals surface area contributed by atoms with Gasteiger partial charge in [0, 0.05) is 38.3 Å². The molecule has 8 heteroatoms. The molecule has 0 radical (unpaired) electrons. The number of methoxy groups -OCH3 is 1. The third-order valence-corrected chi connectivity index (χ3v) is 5.33. The molecule has 0 unspecified atom stereocenters. The highest BCUT2D eigenvalue weighted by Crippen LogP contribution is 2.28. The van der Waals surface area contributed by atoms with Gasteiger partial charge in [0.2, 0.25) is 11.2 Å². The van der Waals surface area contributed by atoms with Gasteiger partial charge in [-0.15, -0.1) is 0 Å². The summed E-state index contributed by atoms with van der Waals surface area (Å²) in [5.41, 5.74) is 0.821. The Balaban J connectivity index is 1.28. The third-order valence-electron chi connectivity index (χ3n) is 5.33. The van der Waals surface area contributed by atoms with Crippen molar-refractivity contribution < 1.29 is 18.7 Å². The Kier molecular flexibility index (Phi) is 6.23. The first kappa shape index (κ1) is 20.3. The van der Waals surface area contributed by atoms with Gasteiger partial charge in [0.1, 0.15) is 17.8 Å². The van der Waals surface area contributed by atoms with E-state index in [1.807, 2.05) is 18.2 Å². The minimum Gasteiger partial charge on any atom is -0.495 e. The lowest BCUT2D eigenvalue weighted by Gasteiger charge is -2.36. The van der Waals surface area contributed by atoms with Crippen LogP contribution < -0.4 is 25.1 Å². The molecular weight excluding hydrogens is 386 g/mol. The van der Waals surface area contributed by atoms with Crippen molar-refractivity contribution in [1.29, 1.82) is 0 Å². The number of carbonyl (C=O) groups excluding carboxylic acids is 1. The van der Waals surface area contributed by atoms with Crippen molar-refractivity contribution >= 4 is 11.6 Å². The molecule has 2 aromatic rings. The molecule has 0 atom stereocenters. The van der Waals surface area contributed by atoms with E-state index in [0.29, 0.717) is 12.3 Å². The molecule has 0 spiro atoms. The average molecular weight is 413 g/mol. The van der Waals surface area contributed by atoms with Gasteiger partial charge in [0.25, 0.3) is 5.91 Å². The Morgan fingerprint density at radius 1 is 1.17 bits per heavy atom. The Hall–Kier alpha value is -3.00. The number of piperazine rings is 1. The number of ether oxygens (including phenoxy) is 2. The summed E-state index contributed by atoms with van der Waals surface area (Å²) in [5.74, 6) is 1.30. The monoisotopic (exact) mass is 413 g/mol. The van der Waals surface area contributed by atoms with Crippen molar-refractivity contribution in [1.82, 2.24) is 10.2 Å². The fraction of sp³-hybridized carbons (Fsp3) is 0.455. The van der Waals surface area contributed by atoms with Gasteiger partial charge in [-0.3, -0.25) is 14.5 Å². The number of para-hydroxylation sites is 2. The molecule has 1 aromatic heterocycles. The number of hydrogen-bond acceptors (Lipinski definition) is 7. The van der Waals surface area contributed by atoms with E-state index in [1.165, 1.54) is 12.3 Å². The van der Waals surface area contributed by atoms with E-state index in [0.717, 1.165) is 50.5 Å². The molecule has 2 heterocycles. The maximum atomic E-state index is 12.3. The molecule has 1 aliphatic heterocycles. The molecule has 160 valence electrons. The summed E-state index contributed by atoms with van der Waals surface area (Å²) in [7, 11) is 1.68. The van der Waals surface area contributed by atoms with E-state index in [-0.39, 0.29) is 29.7 Å². The molecule has 0 bridgehead atoms. The molecule has 1 amide bonds. The summed E-state index contributed by atoms with van der Waals surface area (Å²) >= 11 is 0. The average Bonchev–Trinajstić information content (AvgIpc) is 3.57. The Morgan fingerprint density at radius 2 is 1.93 bits per heavy atom. The fourth-order valence-corrected chi connectivity index (χ4v) is 3.53. The van der Waals surface area contributed by atoms with Gasteiger partial charge >= 0.3 is 0 Å². The van der Waals surface area contributed by atoms with Crippen molar-refractivity contribution in [3.63, 3.8) is 0 Å². The van der Waals surface area contributed by atoms with Crippen molar-refractivity contribution in [2.75, 3.05) is 44.8 Å². The van der Waals surface area contributed by atoms with E-state index in [4.69, 9.17) is 13.9 Å². The number of amides is 1. The maximum absolute atomic E-state index is 12.3. The Bertz CT molecular complexity index is 932. The van der Waals surface area contributed by atoms with Crippen LogP contribution in [0.4, 0.5) is 5.69 Å². The lowest BCUT2D eigenvalue weighted by Crippen LogP contribution is -2.46. The van der Waals surface area contributed by atoms with E-state index >= 15 is 0 Å². The largest absolute Gasteiger partial charge is 0.495 e. The Labute approximate surface area is 175 Å². The van der Waals surface area contributed by atoms with E-state index in [2.05, 4.69) is 21.2 Å². The Morgan fingerprint density at radius 3 is 2.63 bits per heavy atom. The van der Waals surface area contributed by atoms with Crippen LogP contribution >= 0.6 is 0 Å². The van der Waals surface area contributed by atoms with Gasteiger partial charge in [0.15, 0.2) is 6.61 Å². The van der Waals surface area contributed by atoms with Crippen LogP contribution in [-0.4, -0.2) is 56.7 Å². The van der Waals surface area contributed by atoms with Crippen molar-refractivity contribution in [2.24, 2.45) is 0 Å². The summed E-state index contributed by atoms with van der Waals surface area (Å²) in [5, 5.41) is 2.82. The first-order valence-electron chi connectivity index (χ1n) is 10.3. The normalized spacial score (nSPS) is 16.9. The number of nitrogens with zero attached hydrogens (tertiary/aromatic N) is 2. The lowest BCUT2D eigenvalue weighted by molar-refractivity contribution is -0.123. The van der Waals surface area contributed by atoms with Gasteiger partial charge in [-0.05, 0) is 25.0 Å². The molecule has 1 aliphatic carbocycles. The van der Waals surface area contributed by atoms with Gasteiger partial charge in [-0.1, -0.05) is 12.1 Å². The van der Waals surface area contributed by atoms with Gasteiger partial charge < -0.3 is 24.1 Å². The predicted octanol–water partition coefficient (Wildman–Crippen LogP) is 1.63. The number of hydrogen-bond donors (Lipinski definition) is 1. The number of rotatable bonds is 8. The van der Waals surface area contributed by atoms with Crippen LogP contribution in [-0.2, 0) is 11.3 Å². The summed E-state index contributed by atoms with van der Waals surface area (Å²) in [4.78, 5) is 28.5. The van der Waals surface area contributed by atoms with Crippen LogP contribution in [0.3, 0.4) is 0 Å². The molecule has 1 aromatic carbocycles. The van der Waals surface area contributed by atoms with Crippen LogP contribution in [0.25, 0.3) is 0 Å². The van der Waals surface area contributed by atoms with Crippen LogP contribution in [0.5, 0.6) is 11.5 Å². The minimum atomic E-state index is -0.275. The number of benzene rings is 1. The highest BCUT2D eigenvalue weighted by atomic mass is 16.5. The maximum Gasteiger partial charge on any atom is 0.258 e. The number of carbonyl (C=O) groups is 1. The summed E-state index contributed by atoms with van der Waals surface area (Å²) in [6.07, 6.45) is 3.32. The molecular formula is C22H27N3O5. The smallest absolute Gasteiger partial charge is 0.258 e. The molecule has 2 aliphatic rings. The molecule has 30 heavy (non-hydrogen) atoms. The third kappa shape index (κ3) is 5.13. The standard InChI is InChI=1S/C22H27N3O5/c1-28-20-5-3-2-4-18(20)25-10-8-24(9-11-25)13-17-12-19(26)21(14-29-17)30-15-22(27)23-16-6-7-16/h2-5,12,14,16H,6-11,13,15H2,1H3,(H,23,27). The molecule has 1 saturated carbocycles. The first-order valence-corrected chi connectivity index (χ1v) is 10.3. The topological polar surface area (TPSA) is 84.2 Å². The van der Waals surface area contributed by atoms with Crippen LogP contribution in [0, 0.1) is 0 Å². The molecule has 1 saturated heterocycles. The zero-order valence-corrected chi connectivity index (χ0v) is 17.1. The van der Waals surface area contributed by atoms with Crippen molar-refractivity contribution in [3.05, 3.63) is 52.6 Å². The SMILES string of the molecule is COc1ccccc1N1CCN(Cc2cc(=O)c(OCC(=O)NC3CC3)co2)CC1. The van der Waals surface area contributed by atoms with Gasteiger partial charge in [-0.2, -0.15) is 0 Å². The first-order chi connectivity index (χ1) is 14.6. The van der Waals surface area contributed by atoms with Crippen molar-refractivity contribution in [3.8, 4) is 11.5 Å². The predicted molar refractivity (Wildman–Crippen MR) is 112 cm³/mol. The number of anilines is 1. The molecule has 8 nitrogen and oxygen atoms in total. The summed E-state index contributed by atoms with van der Waals surface area (Å²) < 4.78 is 16.4. The number of nitrogens with one attached hydrogen (secondary N) is 1. The van der Waals surface area contributed by atoms with E-state index in [1.54, 1.807) is 7.11 Å². The summed E-state index contributed by atoms with van der Waals surface area (Å²) in [6, 6.07) is 9.72. The molecule has 2 fully saturated rings. The van der Waals surface area contributed by atoms with Crippen LogP contribution in [0.1, 0.15) is 18.6 Å². The van der Waals surface area contributed by atoms with Crippen LogP contribution in [0.15, 0.2) is 45.8 Å². The van der Waals surface area contributed by atoms with Crippen molar-refractivity contribution in [2.45, 2.75) is 25.4 Å². The van der Waals surface area contributed by atoms with Gasteiger partial charge in [-0.25, -0.2) is 0 Å². The van der Waals surface area contributed by atoms with E-state index < -0.39 is 0 Å². The lowest BCUT2D eigenvalue weighted by atomic mass is 10.2.